The Kier molecular flexibility index (Phi) is 3.91. The van der Waals surface area contributed by atoms with Gasteiger partial charge in [0.15, 0.2) is 0 Å². The van der Waals surface area contributed by atoms with Crippen LogP contribution >= 0.6 is 20.2 Å². The fourth-order valence-corrected chi connectivity index (χ4v) is 1.30. The van der Waals surface area contributed by atoms with E-state index in [9.17, 15) is 4.57 Å². The molecule has 0 radical (unpaired) electrons. The SMILES string of the molecule is CCC(O)C(S)P(=O)(O)O. The molecule has 0 amide bonds. The van der Waals surface area contributed by atoms with Crippen molar-refractivity contribution in [2.24, 2.45) is 0 Å². The van der Waals surface area contributed by atoms with Gasteiger partial charge in [0.25, 0.3) is 0 Å². The molecule has 0 fully saturated rings. The van der Waals surface area contributed by atoms with E-state index in [0.29, 0.717) is 6.42 Å². The van der Waals surface area contributed by atoms with Gasteiger partial charge in [0.2, 0.25) is 0 Å². The van der Waals surface area contributed by atoms with E-state index >= 15 is 0 Å². The van der Waals surface area contributed by atoms with Gasteiger partial charge in [-0.1, -0.05) is 6.92 Å². The molecule has 0 aromatic heterocycles. The van der Waals surface area contributed by atoms with Crippen LogP contribution in [0.5, 0.6) is 0 Å². The van der Waals surface area contributed by atoms with Crippen LogP contribution in [0.25, 0.3) is 0 Å². The van der Waals surface area contributed by atoms with Gasteiger partial charge in [-0.25, -0.2) is 0 Å². The van der Waals surface area contributed by atoms with Gasteiger partial charge in [0.1, 0.15) is 4.99 Å². The number of hydrogen-bond donors (Lipinski definition) is 4. The zero-order chi connectivity index (χ0) is 8.36. The molecule has 0 aliphatic rings. The number of thiol groups is 1. The van der Waals surface area contributed by atoms with Crippen molar-refractivity contribution in [1.29, 1.82) is 0 Å². The van der Waals surface area contributed by atoms with Crippen LogP contribution in [0.1, 0.15) is 13.3 Å². The first-order chi connectivity index (χ1) is 4.39. The van der Waals surface area contributed by atoms with Gasteiger partial charge < -0.3 is 14.9 Å². The summed E-state index contributed by atoms with van der Waals surface area (Å²) in [4.78, 5) is 15.7. The third-order valence-corrected chi connectivity index (χ3v) is 3.39. The van der Waals surface area contributed by atoms with Crippen LogP contribution in [0.4, 0.5) is 0 Å². The summed E-state index contributed by atoms with van der Waals surface area (Å²) in [5.41, 5.74) is 0. The molecule has 0 saturated carbocycles. The number of aliphatic hydroxyl groups excluding tert-OH is 1. The maximum absolute atomic E-state index is 10.4. The van der Waals surface area contributed by atoms with Crippen molar-refractivity contribution >= 4 is 20.2 Å². The maximum atomic E-state index is 10.4. The van der Waals surface area contributed by atoms with E-state index in [1.807, 2.05) is 0 Å². The Bertz CT molecular complexity index is 144. The van der Waals surface area contributed by atoms with Crippen molar-refractivity contribution in [3.05, 3.63) is 0 Å². The summed E-state index contributed by atoms with van der Waals surface area (Å²) in [6, 6.07) is 0. The van der Waals surface area contributed by atoms with Gasteiger partial charge in [0.05, 0.1) is 6.10 Å². The van der Waals surface area contributed by atoms with Gasteiger partial charge in [-0.15, -0.1) is 0 Å². The van der Waals surface area contributed by atoms with Gasteiger partial charge in [-0.2, -0.15) is 12.6 Å². The molecule has 0 aliphatic carbocycles. The lowest BCUT2D eigenvalue weighted by Crippen LogP contribution is -2.19. The Morgan fingerprint density at radius 2 is 2.00 bits per heavy atom. The molecule has 0 bridgehead atoms. The Morgan fingerprint density at radius 3 is 2.10 bits per heavy atom. The Balaban J connectivity index is 4.08. The second kappa shape index (κ2) is 3.74. The highest BCUT2D eigenvalue weighted by atomic mass is 32.1. The highest BCUT2D eigenvalue weighted by Gasteiger charge is 2.30. The third kappa shape index (κ3) is 3.03. The molecule has 0 heterocycles. The molecule has 0 rings (SSSR count). The molecule has 0 aromatic carbocycles. The predicted molar refractivity (Wildman–Crippen MR) is 41.1 cm³/mol. The molecule has 3 N–H and O–H groups in total. The Hall–Kier alpha value is 0.460. The Labute approximate surface area is 64.8 Å². The van der Waals surface area contributed by atoms with Crippen molar-refractivity contribution in [3.8, 4) is 0 Å². The van der Waals surface area contributed by atoms with Crippen LogP contribution in [0.15, 0.2) is 0 Å². The van der Waals surface area contributed by atoms with E-state index in [4.69, 9.17) is 14.9 Å². The van der Waals surface area contributed by atoms with Gasteiger partial charge in [-0.05, 0) is 6.42 Å². The van der Waals surface area contributed by atoms with E-state index in [2.05, 4.69) is 12.6 Å². The summed E-state index contributed by atoms with van der Waals surface area (Å²) in [5.74, 6) is 0. The number of hydrogen-bond acceptors (Lipinski definition) is 3. The topological polar surface area (TPSA) is 77.8 Å². The summed E-state index contributed by atoms with van der Waals surface area (Å²) in [5, 5.41) is 8.89. The molecule has 2 unspecified atom stereocenters. The smallest absolute Gasteiger partial charge is 0.340 e. The first-order valence-corrected chi connectivity index (χ1v) is 5.00. The van der Waals surface area contributed by atoms with Gasteiger partial charge in [0, 0.05) is 0 Å². The second-order valence-electron chi connectivity index (χ2n) is 1.98. The highest BCUT2D eigenvalue weighted by Crippen LogP contribution is 2.45. The monoisotopic (exact) mass is 186 g/mol. The molecule has 0 spiro atoms. The average molecular weight is 186 g/mol. The summed E-state index contributed by atoms with van der Waals surface area (Å²) in [6.45, 7) is 1.63. The minimum Gasteiger partial charge on any atom is -0.391 e. The molecule has 0 saturated heterocycles. The summed E-state index contributed by atoms with van der Waals surface area (Å²) >= 11 is 3.57. The van der Waals surface area contributed by atoms with Crippen molar-refractivity contribution in [2.45, 2.75) is 24.4 Å². The molecular formula is C4H11O4PS. The maximum Gasteiger partial charge on any atom is 0.340 e. The van der Waals surface area contributed by atoms with Crippen LogP contribution in [-0.4, -0.2) is 26.0 Å². The van der Waals surface area contributed by atoms with Crippen molar-refractivity contribution < 1.29 is 19.5 Å². The molecule has 0 aliphatic heterocycles. The number of rotatable bonds is 3. The third-order valence-electron chi connectivity index (χ3n) is 1.11. The summed E-state index contributed by atoms with van der Waals surface area (Å²) in [7, 11) is -4.22. The lowest BCUT2D eigenvalue weighted by atomic mass is 10.3. The second-order valence-corrected chi connectivity index (χ2v) is 4.68. The van der Waals surface area contributed by atoms with Gasteiger partial charge in [-0.3, -0.25) is 4.57 Å². The minimum absolute atomic E-state index is 0.291. The quantitative estimate of drug-likeness (QED) is 0.375. The van der Waals surface area contributed by atoms with Crippen LogP contribution in [0.3, 0.4) is 0 Å². The molecule has 2 atom stereocenters. The summed E-state index contributed by atoms with van der Waals surface area (Å²) in [6.07, 6.45) is -0.747. The van der Waals surface area contributed by atoms with Gasteiger partial charge >= 0.3 is 7.60 Å². The molecule has 6 heteroatoms. The standard InChI is InChI=1S/C4H11O4PS/c1-2-3(5)4(10)9(6,7)8/h3-5,10H,2H2,1H3,(H2,6,7,8). The average Bonchev–Trinajstić information content (AvgIpc) is 1.83. The zero-order valence-electron chi connectivity index (χ0n) is 5.51. The van der Waals surface area contributed by atoms with Crippen molar-refractivity contribution in [3.63, 3.8) is 0 Å². The fraction of sp³-hybridized carbons (Fsp3) is 1.00. The largest absolute Gasteiger partial charge is 0.391 e. The van der Waals surface area contributed by atoms with Crippen molar-refractivity contribution in [1.82, 2.24) is 0 Å². The van der Waals surface area contributed by atoms with E-state index < -0.39 is 18.7 Å². The highest BCUT2D eigenvalue weighted by molar-refractivity contribution is 7.89. The molecular weight excluding hydrogens is 175 g/mol. The van der Waals surface area contributed by atoms with E-state index in [-0.39, 0.29) is 0 Å². The zero-order valence-corrected chi connectivity index (χ0v) is 7.29. The lowest BCUT2D eigenvalue weighted by Gasteiger charge is -2.16. The van der Waals surface area contributed by atoms with Crippen LogP contribution in [0, 0.1) is 0 Å². The fourth-order valence-electron chi connectivity index (χ4n) is 0.435. The minimum atomic E-state index is -4.22. The van der Waals surface area contributed by atoms with Crippen LogP contribution in [-0.2, 0) is 4.57 Å². The Morgan fingerprint density at radius 1 is 1.60 bits per heavy atom. The van der Waals surface area contributed by atoms with Crippen LogP contribution in [0.2, 0.25) is 0 Å². The number of aliphatic hydroxyl groups is 1. The van der Waals surface area contributed by atoms with Crippen LogP contribution < -0.4 is 0 Å². The molecule has 62 valence electrons. The molecule has 4 nitrogen and oxygen atoms in total. The molecule has 0 aromatic rings. The lowest BCUT2D eigenvalue weighted by molar-refractivity contribution is 0.176. The van der Waals surface area contributed by atoms with Crippen molar-refractivity contribution in [2.75, 3.05) is 0 Å². The first-order valence-electron chi connectivity index (χ1n) is 2.81. The van der Waals surface area contributed by atoms with E-state index in [1.165, 1.54) is 0 Å². The molecule has 10 heavy (non-hydrogen) atoms. The summed E-state index contributed by atoms with van der Waals surface area (Å²) < 4.78 is 10.4. The normalized spacial score (nSPS) is 18.5. The van der Waals surface area contributed by atoms with E-state index in [0.717, 1.165) is 0 Å². The first kappa shape index (κ1) is 10.5. The predicted octanol–water partition coefficient (Wildman–Crippen LogP) is 0.191. The van der Waals surface area contributed by atoms with E-state index in [1.54, 1.807) is 6.92 Å².